The number of pyridine rings is 1. The Kier molecular flexibility index (Phi) is 3.66. The molecular weight excluding hydrogens is 193 g/mol. The molecule has 1 heterocycles. The summed E-state index contributed by atoms with van der Waals surface area (Å²) in [5, 5.41) is 0. The molecule has 0 unspecified atom stereocenters. The summed E-state index contributed by atoms with van der Waals surface area (Å²) in [6.07, 6.45) is 2.02. The number of rotatable bonds is 3. The van der Waals surface area contributed by atoms with Gasteiger partial charge in [-0.1, -0.05) is 13.8 Å². The van der Waals surface area contributed by atoms with E-state index >= 15 is 0 Å². The number of nitrogens with zero attached hydrogens (tertiary/aromatic N) is 1. The monoisotopic (exact) mass is 211 g/mol. The summed E-state index contributed by atoms with van der Waals surface area (Å²) in [7, 11) is 0. The van der Waals surface area contributed by atoms with Crippen LogP contribution >= 0.6 is 0 Å². The molecule has 1 aromatic heterocycles. The van der Waals surface area contributed by atoms with Gasteiger partial charge in [-0.2, -0.15) is 0 Å². The molecule has 0 radical (unpaired) electrons. The van der Waals surface area contributed by atoms with Crippen molar-refractivity contribution in [2.75, 3.05) is 0 Å². The summed E-state index contributed by atoms with van der Waals surface area (Å²) in [4.78, 5) is 11.9. The molecule has 0 bridgehead atoms. The number of hydrogen-bond acceptors (Lipinski definition) is 1. The first-order valence-corrected chi connectivity index (χ1v) is 5.33. The standard InChI is InChI=1S/C12H18FNO/c1-8(2)7-10-11(13)5-6-14(9(3)4)12(10)15/h5-6,8-9H,7H2,1-4H3. The molecule has 0 spiro atoms. The maximum absolute atomic E-state index is 13.4. The smallest absolute Gasteiger partial charge is 0.256 e. The van der Waals surface area contributed by atoms with Gasteiger partial charge in [0.2, 0.25) is 0 Å². The van der Waals surface area contributed by atoms with Gasteiger partial charge in [-0.3, -0.25) is 4.79 Å². The molecule has 1 rings (SSSR count). The molecule has 0 aliphatic heterocycles. The lowest BCUT2D eigenvalue weighted by Crippen LogP contribution is -2.26. The normalized spacial score (nSPS) is 11.4. The maximum Gasteiger partial charge on any atom is 0.256 e. The van der Waals surface area contributed by atoms with E-state index in [1.165, 1.54) is 12.3 Å². The Morgan fingerprint density at radius 1 is 1.33 bits per heavy atom. The van der Waals surface area contributed by atoms with Crippen molar-refractivity contribution in [3.8, 4) is 0 Å². The molecule has 0 N–H and O–H groups in total. The molecule has 0 aromatic carbocycles. The van der Waals surface area contributed by atoms with E-state index in [2.05, 4.69) is 0 Å². The number of halogens is 1. The van der Waals surface area contributed by atoms with Gasteiger partial charge in [-0.05, 0) is 32.3 Å². The SMILES string of the molecule is CC(C)Cc1c(F)ccn(C(C)C)c1=O. The van der Waals surface area contributed by atoms with Crippen molar-refractivity contribution in [2.24, 2.45) is 5.92 Å². The van der Waals surface area contributed by atoms with Crippen molar-refractivity contribution in [3.05, 3.63) is 34.0 Å². The van der Waals surface area contributed by atoms with Gasteiger partial charge >= 0.3 is 0 Å². The third kappa shape index (κ3) is 2.67. The Morgan fingerprint density at radius 3 is 2.40 bits per heavy atom. The van der Waals surface area contributed by atoms with Crippen LogP contribution in [0.15, 0.2) is 17.1 Å². The molecule has 0 fully saturated rings. The van der Waals surface area contributed by atoms with E-state index < -0.39 is 0 Å². The second-order valence-corrected chi connectivity index (χ2v) is 4.55. The third-order valence-electron chi connectivity index (χ3n) is 2.33. The zero-order valence-electron chi connectivity index (χ0n) is 9.75. The summed E-state index contributed by atoms with van der Waals surface area (Å²) < 4.78 is 15.0. The van der Waals surface area contributed by atoms with Gasteiger partial charge in [0.15, 0.2) is 0 Å². The highest BCUT2D eigenvalue weighted by Gasteiger charge is 2.12. The zero-order chi connectivity index (χ0) is 11.6. The van der Waals surface area contributed by atoms with Gasteiger partial charge in [0.25, 0.3) is 5.56 Å². The molecule has 15 heavy (non-hydrogen) atoms. The van der Waals surface area contributed by atoms with E-state index in [-0.39, 0.29) is 23.3 Å². The summed E-state index contributed by atoms with van der Waals surface area (Å²) in [6, 6.07) is 1.45. The summed E-state index contributed by atoms with van der Waals surface area (Å²) in [6.45, 7) is 7.79. The Morgan fingerprint density at radius 2 is 1.93 bits per heavy atom. The molecule has 84 valence electrons. The second-order valence-electron chi connectivity index (χ2n) is 4.55. The van der Waals surface area contributed by atoms with Crippen molar-refractivity contribution in [1.82, 2.24) is 4.57 Å². The summed E-state index contributed by atoms with van der Waals surface area (Å²) in [5.41, 5.74) is 0.111. The van der Waals surface area contributed by atoms with Crippen LogP contribution in [0.5, 0.6) is 0 Å². The molecule has 0 atom stereocenters. The Bertz CT molecular complexity index is 393. The van der Waals surface area contributed by atoms with Gasteiger partial charge in [0, 0.05) is 12.2 Å². The van der Waals surface area contributed by atoms with Crippen LogP contribution in [-0.4, -0.2) is 4.57 Å². The van der Waals surface area contributed by atoms with Gasteiger partial charge in [0.05, 0.1) is 5.56 Å². The largest absolute Gasteiger partial charge is 0.313 e. The first-order valence-electron chi connectivity index (χ1n) is 5.33. The van der Waals surface area contributed by atoms with Crippen LogP contribution < -0.4 is 5.56 Å². The minimum absolute atomic E-state index is 0.0732. The van der Waals surface area contributed by atoms with E-state index in [9.17, 15) is 9.18 Å². The molecule has 0 aliphatic carbocycles. The molecule has 0 amide bonds. The van der Waals surface area contributed by atoms with E-state index in [1.807, 2.05) is 27.7 Å². The summed E-state index contributed by atoms with van der Waals surface area (Å²) >= 11 is 0. The first kappa shape index (κ1) is 12.0. The fourth-order valence-electron chi connectivity index (χ4n) is 1.57. The molecule has 2 nitrogen and oxygen atoms in total. The lowest BCUT2D eigenvalue weighted by molar-refractivity contribution is 0.524. The molecular formula is C12H18FNO. The van der Waals surface area contributed by atoms with Crippen molar-refractivity contribution >= 4 is 0 Å². The fourth-order valence-corrected chi connectivity index (χ4v) is 1.57. The van der Waals surface area contributed by atoms with Crippen molar-refractivity contribution < 1.29 is 4.39 Å². The molecule has 0 saturated carbocycles. The van der Waals surface area contributed by atoms with Crippen LogP contribution in [0.2, 0.25) is 0 Å². The average Bonchev–Trinajstić information content (AvgIpc) is 2.11. The Balaban J connectivity index is 3.24. The predicted molar refractivity (Wildman–Crippen MR) is 59.6 cm³/mol. The van der Waals surface area contributed by atoms with Crippen LogP contribution in [0.25, 0.3) is 0 Å². The van der Waals surface area contributed by atoms with E-state index in [1.54, 1.807) is 4.57 Å². The van der Waals surface area contributed by atoms with E-state index in [0.29, 0.717) is 12.0 Å². The zero-order valence-corrected chi connectivity index (χ0v) is 9.75. The van der Waals surface area contributed by atoms with Gasteiger partial charge in [-0.25, -0.2) is 4.39 Å². The molecule has 3 heteroatoms. The van der Waals surface area contributed by atoms with Crippen molar-refractivity contribution in [2.45, 2.75) is 40.2 Å². The second kappa shape index (κ2) is 4.60. The van der Waals surface area contributed by atoms with Gasteiger partial charge < -0.3 is 4.57 Å². The minimum Gasteiger partial charge on any atom is -0.313 e. The van der Waals surface area contributed by atoms with Crippen molar-refractivity contribution in [1.29, 1.82) is 0 Å². The summed E-state index contributed by atoms with van der Waals surface area (Å²) in [5.74, 6) is -0.0965. The van der Waals surface area contributed by atoms with Crippen molar-refractivity contribution in [3.63, 3.8) is 0 Å². The van der Waals surface area contributed by atoms with Crippen LogP contribution in [0, 0.1) is 11.7 Å². The highest BCUT2D eigenvalue weighted by molar-refractivity contribution is 5.14. The Labute approximate surface area is 89.7 Å². The van der Waals surface area contributed by atoms with Crippen LogP contribution in [0.1, 0.15) is 39.3 Å². The average molecular weight is 211 g/mol. The topological polar surface area (TPSA) is 22.0 Å². The fraction of sp³-hybridized carbons (Fsp3) is 0.583. The van der Waals surface area contributed by atoms with Gasteiger partial charge in [-0.15, -0.1) is 0 Å². The lowest BCUT2D eigenvalue weighted by atomic mass is 10.0. The lowest BCUT2D eigenvalue weighted by Gasteiger charge is -2.13. The number of hydrogen-bond donors (Lipinski definition) is 0. The van der Waals surface area contributed by atoms with E-state index in [0.717, 1.165) is 0 Å². The molecule has 0 saturated heterocycles. The molecule has 1 aromatic rings. The third-order valence-corrected chi connectivity index (χ3v) is 2.33. The highest BCUT2D eigenvalue weighted by Crippen LogP contribution is 2.10. The van der Waals surface area contributed by atoms with Crippen LogP contribution in [0.4, 0.5) is 4.39 Å². The number of aromatic nitrogens is 1. The van der Waals surface area contributed by atoms with Gasteiger partial charge in [0.1, 0.15) is 5.82 Å². The maximum atomic E-state index is 13.4. The quantitative estimate of drug-likeness (QED) is 0.753. The predicted octanol–water partition coefficient (Wildman–Crippen LogP) is 2.77. The highest BCUT2D eigenvalue weighted by atomic mass is 19.1. The first-order chi connectivity index (χ1) is 6.93. The van der Waals surface area contributed by atoms with Crippen LogP contribution in [0.3, 0.4) is 0 Å². The van der Waals surface area contributed by atoms with E-state index in [4.69, 9.17) is 0 Å². The molecule has 0 aliphatic rings. The Hall–Kier alpha value is -1.12. The van der Waals surface area contributed by atoms with Crippen LogP contribution in [-0.2, 0) is 6.42 Å². The minimum atomic E-state index is -0.384.